The summed E-state index contributed by atoms with van der Waals surface area (Å²) in [6, 6.07) is 10.6. The van der Waals surface area contributed by atoms with Gasteiger partial charge in [-0.25, -0.2) is 0 Å². The van der Waals surface area contributed by atoms with Gasteiger partial charge in [0.15, 0.2) is 11.5 Å². The van der Waals surface area contributed by atoms with Gasteiger partial charge in [-0.15, -0.1) is 0 Å². The van der Waals surface area contributed by atoms with Crippen LogP contribution in [-0.4, -0.2) is 46.0 Å². The van der Waals surface area contributed by atoms with E-state index in [2.05, 4.69) is 5.32 Å². The monoisotopic (exact) mass is 403 g/mol. The summed E-state index contributed by atoms with van der Waals surface area (Å²) >= 11 is 0. The topological polar surface area (TPSA) is 75.3 Å². The molecule has 0 aromatic heterocycles. The van der Waals surface area contributed by atoms with Crippen molar-refractivity contribution in [3.8, 4) is 28.7 Å². The van der Waals surface area contributed by atoms with Gasteiger partial charge in [0, 0.05) is 5.56 Å². The average Bonchev–Trinajstić information content (AvgIpc) is 2.74. The van der Waals surface area contributed by atoms with Crippen LogP contribution in [0.25, 0.3) is 0 Å². The lowest BCUT2D eigenvalue weighted by atomic mass is 10.1. The molecule has 0 unspecified atom stereocenters. The summed E-state index contributed by atoms with van der Waals surface area (Å²) in [6.07, 6.45) is 0. The average molecular weight is 403 g/mol. The van der Waals surface area contributed by atoms with E-state index in [-0.39, 0.29) is 5.91 Å². The van der Waals surface area contributed by atoms with Gasteiger partial charge < -0.3 is 29.0 Å². The molecule has 0 aliphatic heterocycles. The summed E-state index contributed by atoms with van der Waals surface area (Å²) < 4.78 is 27.7. The van der Waals surface area contributed by atoms with Crippen LogP contribution in [-0.2, 0) is 0 Å². The lowest BCUT2D eigenvalue weighted by Gasteiger charge is -2.17. The lowest BCUT2D eigenvalue weighted by Crippen LogP contribution is -2.28. The molecule has 158 valence electrons. The molecule has 0 saturated heterocycles. The third kappa shape index (κ3) is 6.48. The first kappa shape index (κ1) is 22.2. The predicted octanol–water partition coefficient (Wildman–Crippen LogP) is 3.70. The number of methoxy groups -OCH3 is 1. The summed E-state index contributed by atoms with van der Waals surface area (Å²) in [5, 5.41) is 2.84. The van der Waals surface area contributed by atoms with Crippen LogP contribution in [0, 0.1) is 0 Å². The number of benzene rings is 2. The fourth-order valence-electron chi connectivity index (χ4n) is 2.63. The van der Waals surface area contributed by atoms with Crippen molar-refractivity contribution in [3.05, 3.63) is 42.0 Å². The molecular weight excluding hydrogens is 374 g/mol. The highest BCUT2D eigenvalue weighted by atomic mass is 16.5. The predicted molar refractivity (Wildman–Crippen MR) is 111 cm³/mol. The van der Waals surface area contributed by atoms with E-state index in [0.29, 0.717) is 61.5 Å². The zero-order chi connectivity index (χ0) is 21.1. The van der Waals surface area contributed by atoms with Crippen LogP contribution in [0.15, 0.2) is 36.4 Å². The van der Waals surface area contributed by atoms with Gasteiger partial charge in [0.2, 0.25) is 5.75 Å². The van der Waals surface area contributed by atoms with E-state index < -0.39 is 0 Å². The zero-order valence-corrected chi connectivity index (χ0v) is 17.4. The molecule has 0 atom stereocenters. The Morgan fingerprint density at radius 3 is 1.90 bits per heavy atom. The van der Waals surface area contributed by atoms with Crippen molar-refractivity contribution in [1.29, 1.82) is 0 Å². The minimum atomic E-state index is -0.242. The normalized spacial score (nSPS) is 10.2. The standard InChI is InChI=1S/C22H29NO6/c1-5-26-19-14-16(15-20(27-6-2)21(19)28-7-3)22(24)23-12-13-29-18-10-8-17(25-4)9-11-18/h8-11,14-15H,5-7,12-13H2,1-4H3,(H,23,24). The molecule has 29 heavy (non-hydrogen) atoms. The number of hydrogen-bond donors (Lipinski definition) is 1. The second-order valence-corrected chi connectivity index (χ2v) is 5.88. The van der Waals surface area contributed by atoms with Crippen LogP contribution >= 0.6 is 0 Å². The number of amides is 1. The van der Waals surface area contributed by atoms with Crippen molar-refractivity contribution in [2.45, 2.75) is 20.8 Å². The second-order valence-electron chi connectivity index (χ2n) is 5.88. The SMILES string of the molecule is CCOc1cc(C(=O)NCCOc2ccc(OC)cc2)cc(OCC)c1OCC. The number of rotatable bonds is 12. The van der Waals surface area contributed by atoms with Gasteiger partial charge in [0.1, 0.15) is 18.1 Å². The number of hydrogen-bond acceptors (Lipinski definition) is 6. The molecule has 1 N–H and O–H groups in total. The first-order valence-electron chi connectivity index (χ1n) is 9.74. The maximum atomic E-state index is 12.6. The fourth-order valence-corrected chi connectivity index (χ4v) is 2.63. The number of ether oxygens (including phenoxy) is 5. The van der Waals surface area contributed by atoms with Gasteiger partial charge in [-0.2, -0.15) is 0 Å². The summed E-state index contributed by atoms with van der Waals surface area (Å²) in [5.74, 6) is 2.71. The highest BCUT2D eigenvalue weighted by molar-refractivity contribution is 5.95. The molecule has 0 aliphatic carbocycles. The van der Waals surface area contributed by atoms with Crippen molar-refractivity contribution < 1.29 is 28.5 Å². The molecule has 1 amide bonds. The van der Waals surface area contributed by atoms with Crippen LogP contribution in [0.4, 0.5) is 0 Å². The molecule has 0 bridgehead atoms. The zero-order valence-electron chi connectivity index (χ0n) is 17.4. The molecule has 2 aromatic carbocycles. The van der Waals surface area contributed by atoms with Crippen molar-refractivity contribution in [2.75, 3.05) is 40.1 Å². The van der Waals surface area contributed by atoms with Crippen molar-refractivity contribution in [3.63, 3.8) is 0 Å². The van der Waals surface area contributed by atoms with Crippen LogP contribution in [0.5, 0.6) is 28.7 Å². The molecule has 0 heterocycles. The van der Waals surface area contributed by atoms with Crippen LogP contribution < -0.4 is 29.0 Å². The number of carbonyl (C=O) groups is 1. The van der Waals surface area contributed by atoms with Crippen molar-refractivity contribution in [1.82, 2.24) is 5.32 Å². The molecule has 7 nitrogen and oxygen atoms in total. The maximum Gasteiger partial charge on any atom is 0.251 e. The van der Waals surface area contributed by atoms with Crippen LogP contribution in [0.1, 0.15) is 31.1 Å². The summed E-state index contributed by atoms with van der Waals surface area (Å²) in [7, 11) is 1.61. The second kappa shape index (κ2) is 11.7. The summed E-state index contributed by atoms with van der Waals surface area (Å²) in [5.41, 5.74) is 0.435. The summed E-state index contributed by atoms with van der Waals surface area (Å²) in [6.45, 7) is 7.69. The Bertz CT molecular complexity index is 748. The van der Waals surface area contributed by atoms with Gasteiger partial charge in [-0.05, 0) is 57.2 Å². The first-order chi connectivity index (χ1) is 14.1. The third-order valence-corrected chi connectivity index (χ3v) is 3.89. The minimum absolute atomic E-state index is 0.242. The first-order valence-corrected chi connectivity index (χ1v) is 9.74. The Hall–Kier alpha value is -3.09. The Balaban J connectivity index is 2.00. The van der Waals surface area contributed by atoms with Gasteiger partial charge in [0.25, 0.3) is 5.91 Å². The minimum Gasteiger partial charge on any atom is -0.497 e. The Morgan fingerprint density at radius 2 is 1.38 bits per heavy atom. The Labute approximate surface area is 171 Å². The van der Waals surface area contributed by atoms with Gasteiger partial charge in [0.05, 0.1) is 33.5 Å². The molecule has 0 radical (unpaired) electrons. The highest BCUT2D eigenvalue weighted by Crippen LogP contribution is 2.39. The van der Waals surface area contributed by atoms with E-state index >= 15 is 0 Å². The van der Waals surface area contributed by atoms with E-state index in [1.54, 1.807) is 19.2 Å². The molecular formula is C22H29NO6. The quantitative estimate of drug-likeness (QED) is 0.545. The Morgan fingerprint density at radius 1 is 0.828 bits per heavy atom. The fraction of sp³-hybridized carbons (Fsp3) is 0.409. The van der Waals surface area contributed by atoms with Gasteiger partial charge >= 0.3 is 0 Å². The molecule has 7 heteroatoms. The molecule has 0 aliphatic rings. The van der Waals surface area contributed by atoms with Crippen molar-refractivity contribution >= 4 is 5.91 Å². The largest absolute Gasteiger partial charge is 0.497 e. The smallest absolute Gasteiger partial charge is 0.251 e. The third-order valence-electron chi connectivity index (χ3n) is 3.89. The molecule has 0 fully saturated rings. The Kier molecular flexibility index (Phi) is 8.95. The van der Waals surface area contributed by atoms with Crippen LogP contribution in [0.3, 0.4) is 0 Å². The maximum absolute atomic E-state index is 12.6. The molecule has 2 aromatic rings. The van der Waals surface area contributed by atoms with Gasteiger partial charge in [-0.1, -0.05) is 0 Å². The molecule has 2 rings (SSSR count). The van der Waals surface area contributed by atoms with E-state index in [1.807, 2.05) is 45.0 Å². The number of carbonyl (C=O) groups excluding carboxylic acids is 1. The lowest BCUT2D eigenvalue weighted by molar-refractivity contribution is 0.0946. The van der Waals surface area contributed by atoms with Crippen LogP contribution in [0.2, 0.25) is 0 Å². The number of nitrogens with one attached hydrogen (secondary N) is 1. The molecule has 0 saturated carbocycles. The highest BCUT2D eigenvalue weighted by Gasteiger charge is 2.18. The summed E-state index contributed by atoms with van der Waals surface area (Å²) in [4.78, 5) is 12.6. The van der Waals surface area contributed by atoms with E-state index in [0.717, 1.165) is 5.75 Å². The van der Waals surface area contributed by atoms with Crippen molar-refractivity contribution in [2.24, 2.45) is 0 Å². The van der Waals surface area contributed by atoms with E-state index in [1.165, 1.54) is 0 Å². The van der Waals surface area contributed by atoms with Gasteiger partial charge in [-0.3, -0.25) is 4.79 Å². The van der Waals surface area contributed by atoms with E-state index in [4.69, 9.17) is 23.7 Å². The van der Waals surface area contributed by atoms with E-state index in [9.17, 15) is 4.79 Å². The molecule has 0 spiro atoms.